The average molecular weight is 1510 g/mol. The van der Waals surface area contributed by atoms with Crippen LogP contribution in [0.1, 0.15) is 158 Å². The van der Waals surface area contributed by atoms with E-state index in [1.54, 1.807) is 36.8 Å². The number of urea groups is 3. The molecule has 10 rings (SSSR count). The van der Waals surface area contributed by atoms with E-state index >= 15 is 0 Å². The lowest BCUT2D eigenvalue weighted by atomic mass is 9.88. The maximum Gasteiger partial charge on any atom is 0.417 e. The van der Waals surface area contributed by atoms with E-state index in [1.165, 1.54) is 35.0 Å². The minimum Gasteiger partial charge on any atom is -0.352 e. The number of hydrogen-bond acceptors (Lipinski definition) is 12. The number of hydrogen-bond donors (Lipinski definition) is 6. The number of alkyl halides is 9. The molecular weight excluding hydrogens is 1420 g/mol. The number of pyridine rings is 6. The van der Waals surface area contributed by atoms with Crippen molar-refractivity contribution in [2.24, 2.45) is 5.92 Å². The molecule has 0 radical (unpaired) electrons. The number of nitrogens with one attached hydrogen (secondary N) is 6. The van der Waals surface area contributed by atoms with Crippen molar-refractivity contribution in [3.63, 3.8) is 0 Å². The third kappa shape index (κ3) is 25.2. The van der Waals surface area contributed by atoms with E-state index in [0.717, 1.165) is 95.5 Å². The van der Waals surface area contributed by atoms with Crippen molar-refractivity contribution in [2.45, 2.75) is 140 Å². The second kappa shape index (κ2) is 38.7. The van der Waals surface area contributed by atoms with Crippen LogP contribution in [-0.2, 0) is 46.0 Å². The van der Waals surface area contributed by atoms with Gasteiger partial charge in [0.05, 0.1) is 54.9 Å². The Hall–Kier alpha value is -9.42. The van der Waals surface area contributed by atoms with Crippen LogP contribution in [-0.4, -0.2) is 120 Å². The lowest BCUT2D eigenvalue weighted by Crippen LogP contribution is -2.38. The van der Waals surface area contributed by atoms with E-state index in [1.807, 2.05) is 25.2 Å². The highest BCUT2D eigenvalue weighted by molar-refractivity contribution is 6.33. The summed E-state index contributed by atoms with van der Waals surface area (Å²) in [6, 6.07) is 9.59. The van der Waals surface area contributed by atoms with E-state index in [-0.39, 0.29) is 89.9 Å². The Morgan fingerprint density at radius 3 is 1.12 bits per heavy atom. The fraction of sp³-hybridized carbons (Fsp3) is 0.400. The van der Waals surface area contributed by atoms with Gasteiger partial charge in [0.1, 0.15) is 17.5 Å². The van der Waals surface area contributed by atoms with Crippen molar-refractivity contribution < 1.29 is 68.3 Å². The zero-order valence-corrected chi connectivity index (χ0v) is 55.6. The molecule has 0 saturated heterocycles. The molecular formula is C70H83Cl3F9N15O6. The summed E-state index contributed by atoms with van der Waals surface area (Å²) in [5.74, 6) is -0.0337. The molecule has 103 heavy (non-hydrogen) atoms. The van der Waals surface area contributed by atoms with Gasteiger partial charge in [0.15, 0.2) is 0 Å². The van der Waals surface area contributed by atoms with Crippen LogP contribution in [0.25, 0.3) is 16.7 Å². The van der Waals surface area contributed by atoms with Crippen LogP contribution in [0.4, 0.5) is 71.4 Å². The summed E-state index contributed by atoms with van der Waals surface area (Å²) in [5, 5.41) is 17.3. The van der Waals surface area contributed by atoms with Crippen LogP contribution in [0.15, 0.2) is 110 Å². The molecule has 558 valence electrons. The van der Waals surface area contributed by atoms with Gasteiger partial charge in [-0.15, -0.1) is 0 Å². The van der Waals surface area contributed by atoms with Gasteiger partial charge in [-0.1, -0.05) is 102 Å². The van der Waals surface area contributed by atoms with E-state index in [9.17, 15) is 68.3 Å². The Labute approximate surface area is 607 Å². The highest BCUT2D eigenvalue weighted by Crippen LogP contribution is 2.35. The minimum absolute atomic E-state index is 0. The van der Waals surface area contributed by atoms with Crippen molar-refractivity contribution in [3.8, 4) is 0 Å². The molecule has 1 aliphatic carbocycles. The normalized spacial score (nSPS) is 14.8. The molecule has 0 bridgehead atoms. The largest absolute Gasteiger partial charge is 0.417 e. The minimum atomic E-state index is -4.49. The summed E-state index contributed by atoms with van der Waals surface area (Å²) in [6.45, 7) is 7.38. The van der Waals surface area contributed by atoms with Crippen molar-refractivity contribution >= 4 is 105 Å². The third-order valence-corrected chi connectivity index (χ3v) is 16.8. The topological polar surface area (TPSA) is 262 Å². The van der Waals surface area contributed by atoms with E-state index in [0.29, 0.717) is 109 Å². The maximum absolute atomic E-state index is 12.7. The molecule has 33 heteroatoms. The molecule has 9 amide bonds. The number of halogens is 12. The molecule has 6 aromatic rings. The molecule has 4 aliphatic rings. The van der Waals surface area contributed by atoms with Crippen molar-refractivity contribution in [2.75, 3.05) is 55.2 Å². The van der Waals surface area contributed by atoms with Crippen LogP contribution < -0.4 is 31.9 Å². The van der Waals surface area contributed by atoms with Gasteiger partial charge in [0.25, 0.3) is 0 Å². The Balaban J connectivity index is 0.000000322. The van der Waals surface area contributed by atoms with E-state index in [4.69, 9.17) is 34.8 Å². The predicted octanol–water partition coefficient (Wildman–Crippen LogP) is 17.0. The summed E-state index contributed by atoms with van der Waals surface area (Å²) >= 11 is 19.2. The maximum atomic E-state index is 12.7. The number of carbonyl (C=O) groups excluding carboxylic acids is 6. The number of carbonyl (C=O) groups is 6. The van der Waals surface area contributed by atoms with Gasteiger partial charge in [-0.05, 0) is 127 Å². The van der Waals surface area contributed by atoms with Gasteiger partial charge < -0.3 is 30.7 Å². The molecule has 9 heterocycles. The van der Waals surface area contributed by atoms with Gasteiger partial charge in [0, 0.05) is 109 Å². The number of amides is 9. The highest BCUT2D eigenvalue weighted by atomic mass is 35.5. The average Bonchev–Trinajstić information content (AvgIpc) is 0.831. The Bertz CT molecular complexity index is 3990. The van der Waals surface area contributed by atoms with E-state index < -0.39 is 53.3 Å². The summed E-state index contributed by atoms with van der Waals surface area (Å²) < 4.78 is 114. The van der Waals surface area contributed by atoms with Crippen molar-refractivity contribution in [1.82, 2.24) is 60.6 Å². The van der Waals surface area contributed by atoms with Crippen LogP contribution in [0.2, 0.25) is 15.1 Å². The molecule has 1 unspecified atom stereocenters. The first-order chi connectivity index (χ1) is 46.9. The Morgan fingerprint density at radius 1 is 0.476 bits per heavy atom. The zero-order valence-electron chi connectivity index (χ0n) is 53.4. The third-order valence-electron chi connectivity index (χ3n) is 15.9. The molecule has 1 fully saturated rings. The monoisotopic (exact) mass is 1510 g/mol. The molecule has 0 aromatic carbocycles. The van der Waals surface area contributed by atoms with Gasteiger partial charge in [-0.25, -0.2) is 29.3 Å². The van der Waals surface area contributed by atoms with E-state index in [2.05, 4.69) is 61.8 Å². The number of rotatable bonds is 13. The quantitative estimate of drug-likeness (QED) is 0.0590. The fourth-order valence-electron chi connectivity index (χ4n) is 10.5. The first-order valence-electron chi connectivity index (χ1n) is 31.0. The number of aromatic nitrogens is 6. The van der Waals surface area contributed by atoms with Crippen molar-refractivity contribution in [3.05, 3.63) is 176 Å². The van der Waals surface area contributed by atoms with Gasteiger partial charge in [-0.3, -0.25) is 45.3 Å². The number of anilines is 3. The predicted molar refractivity (Wildman–Crippen MR) is 380 cm³/mol. The molecule has 3 aliphatic heterocycles. The molecule has 1 atom stereocenters. The van der Waals surface area contributed by atoms with Crippen LogP contribution >= 0.6 is 34.8 Å². The fourth-order valence-corrected chi connectivity index (χ4v) is 11.5. The summed E-state index contributed by atoms with van der Waals surface area (Å²) in [7, 11) is 0. The molecule has 0 spiro atoms. The molecule has 6 N–H and O–H groups in total. The van der Waals surface area contributed by atoms with Crippen molar-refractivity contribution in [1.29, 1.82) is 0 Å². The first-order valence-corrected chi connectivity index (χ1v) is 32.1. The summed E-state index contributed by atoms with van der Waals surface area (Å²) in [5.41, 5.74) is 4.21. The lowest BCUT2D eigenvalue weighted by molar-refractivity contribution is -0.138. The van der Waals surface area contributed by atoms with Gasteiger partial charge in [-0.2, -0.15) is 39.5 Å². The van der Waals surface area contributed by atoms with Gasteiger partial charge >= 0.3 is 36.6 Å². The smallest absolute Gasteiger partial charge is 0.352 e. The van der Waals surface area contributed by atoms with Crippen LogP contribution in [0.5, 0.6) is 0 Å². The van der Waals surface area contributed by atoms with Crippen LogP contribution in [0, 0.1) is 5.92 Å². The molecule has 1 saturated carbocycles. The standard InChI is InChI=1S/C25H27ClF3N5O2.C21H21ClF3N5O2.C20H19ClF3N5O2.4CH4/c26-20-12-16(14-32-23(35)18-4-2-1-3-5-18)13-31-22(20)17-8-10-34(11-9-17)24(36)33-21-7-6-19(15-30-21)25(27,28)29;1-12(28-13(2)31)15-9-17(22)19(27-10-15)14-5-7-30(8-6-14)20(32)29-18-4-3-16(11-26-18)21(23,24)25;1-12(30)25-9-13-8-16(21)18(27-10-13)14-4-6-29(7-5-14)19(31)28-17-3-2-15(11-26-17)20(22,23)24;;;;/h6-8,12-13,15,18H,1-5,9-11,14H2,(H,32,35)(H,30,33,36);3-5,9-12H,6-8H2,1-2H3,(H,28,31)(H,26,29,32);2-4,8,10-11H,5-7,9H2,1H3,(H,25,30)(H,26,28,31);4*1H4. The Kier molecular flexibility index (Phi) is 32.3. The first kappa shape index (κ1) is 86.0. The molecule has 6 aromatic heterocycles. The Morgan fingerprint density at radius 2 is 0.825 bits per heavy atom. The second-order valence-corrected chi connectivity index (χ2v) is 24.4. The van der Waals surface area contributed by atoms with Gasteiger partial charge in [0.2, 0.25) is 17.7 Å². The lowest BCUT2D eigenvalue weighted by Gasteiger charge is -2.26. The molecule has 21 nitrogen and oxygen atoms in total. The summed E-state index contributed by atoms with van der Waals surface area (Å²) in [4.78, 5) is 101. The summed E-state index contributed by atoms with van der Waals surface area (Å²) in [6.07, 6.45) is 5.84. The number of nitrogens with zero attached hydrogens (tertiary/aromatic N) is 9. The van der Waals surface area contributed by atoms with Crippen LogP contribution in [0.3, 0.4) is 0 Å². The zero-order chi connectivity index (χ0) is 71.8. The SMILES string of the molecule is C.C.C.C.CC(=O)NC(C)c1cnc(C2=CCN(C(=O)Nc3ccc(C(F)(F)F)cn3)CC2)c(Cl)c1.CC(=O)NCc1cnc(C2=CCN(C(=O)Nc3ccc(C(F)(F)F)cn3)CC2)c(Cl)c1.O=C(NCc1cnc(C2=CCN(C(=O)Nc3ccc(C(F)(F)F)cn3)CC2)c(Cl)c1)C1CCCCC1. The second-order valence-electron chi connectivity index (χ2n) is 23.2. The highest BCUT2D eigenvalue weighted by Gasteiger charge is 2.34.